The number of hydrogen-bond acceptors (Lipinski definition) is 2. The molecule has 0 spiro atoms. The SMILES string of the molecule is CCCCCCSCC(O)CCCCC. The summed E-state index contributed by atoms with van der Waals surface area (Å²) in [4.78, 5) is 0. The highest BCUT2D eigenvalue weighted by Crippen LogP contribution is 2.12. The van der Waals surface area contributed by atoms with Crippen molar-refractivity contribution in [3.05, 3.63) is 0 Å². The molecule has 1 atom stereocenters. The zero-order chi connectivity index (χ0) is 11.4. The van der Waals surface area contributed by atoms with Crippen molar-refractivity contribution in [3.63, 3.8) is 0 Å². The molecule has 15 heavy (non-hydrogen) atoms. The summed E-state index contributed by atoms with van der Waals surface area (Å²) < 4.78 is 0. The fourth-order valence-electron chi connectivity index (χ4n) is 1.56. The third-order valence-corrected chi connectivity index (χ3v) is 3.79. The van der Waals surface area contributed by atoms with E-state index in [0.29, 0.717) is 0 Å². The Bertz CT molecular complexity index is 117. The Morgan fingerprint density at radius 1 is 0.933 bits per heavy atom. The third-order valence-electron chi connectivity index (χ3n) is 2.59. The maximum Gasteiger partial charge on any atom is 0.0630 e. The molecule has 0 aromatic heterocycles. The summed E-state index contributed by atoms with van der Waals surface area (Å²) in [7, 11) is 0. The predicted molar refractivity (Wildman–Crippen MR) is 71.6 cm³/mol. The van der Waals surface area contributed by atoms with Crippen molar-refractivity contribution in [2.75, 3.05) is 11.5 Å². The van der Waals surface area contributed by atoms with Gasteiger partial charge in [-0.25, -0.2) is 0 Å². The summed E-state index contributed by atoms with van der Waals surface area (Å²) in [5.74, 6) is 2.17. The molecule has 92 valence electrons. The number of aliphatic hydroxyl groups excluding tert-OH is 1. The van der Waals surface area contributed by atoms with Crippen molar-refractivity contribution in [1.82, 2.24) is 0 Å². The maximum atomic E-state index is 9.66. The van der Waals surface area contributed by atoms with Crippen molar-refractivity contribution in [2.24, 2.45) is 0 Å². The third kappa shape index (κ3) is 12.2. The molecule has 1 N–H and O–H groups in total. The standard InChI is InChI=1S/C13H28OS/c1-3-5-7-9-11-15-12-13(14)10-8-6-4-2/h13-14H,3-12H2,1-2H3. The molecule has 0 saturated carbocycles. The molecule has 0 fully saturated rings. The van der Waals surface area contributed by atoms with Gasteiger partial charge in [-0.2, -0.15) is 11.8 Å². The lowest BCUT2D eigenvalue weighted by atomic mass is 10.1. The Morgan fingerprint density at radius 3 is 2.27 bits per heavy atom. The van der Waals surface area contributed by atoms with E-state index in [2.05, 4.69) is 13.8 Å². The largest absolute Gasteiger partial charge is 0.392 e. The second-order valence-corrected chi connectivity index (χ2v) is 5.44. The van der Waals surface area contributed by atoms with E-state index >= 15 is 0 Å². The van der Waals surface area contributed by atoms with Gasteiger partial charge in [-0.3, -0.25) is 0 Å². The molecule has 1 unspecified atom stereocenters. The average molecular weight is 232 g/mol. The average Bonchev–Trinajstić information content (AvgIpc) is 2.23. The van der Waals surface area contributed by atoms with Gasteiger partial charge in [0.25, 0.3) is 0 Å². The first-order valence-electron chi connectivity index (χ1n) is 6.57. The summed E-state index contributed by atoms with van der Waals surface area (Å²) in [5.41, 5.74) is 0. The van der Waals surface area contributed by atoms with Crippen molar-refractivity contribution in [2.45, 2.75) is 71.3 Å². The Hall–Kier alpha value is 0.310. The minimum atomic E-state index is -0.0623. The molecular weight excluding hydrogens is 204 g/mol. The van der Waals surface area contributed by atoms with E-state index in [-0.39, 0.29) is 6.10 Å². The molecule has 1 nitrogen and oxygen atoms in total. The van der Waals surface area contributed by atoms with Crippen LogP contribution >= 0.6 is 11.8 Å². The van der Waals surface area contributed by atoms with Crippen LogP contribution in [0.5, 0.6) is 0 Å². The molecule has 0 radical (unpaired) electrons. The van der Waals surface area contributed by atoms with Crippen LogP contribution in [0.15, 0.2) is 0 Å². The summed E-state index contributed by atoms with van der Waals surface area (Å²) in [6.45, 7) is 4.44. The van der Waals surface area contributed by atoms with Gasteiger partial charge in [-0.15, -0.1) is 0 Å². The molecule has 0 aliphatic carbocycles. The molecule has 0 rings (SSSR count). The topological polar surface area (TPSA) is 20.2 Å². The van der Waals surface area contributed by atoms with Crippen LogP contribution < -0.4 is 0 Å². The highest BCUT2D eigenvalue weighted by molar-refractivity contribution is 7.99. The zero-order valence-electron chi connectivity index (χ0n) is 10.5. The molecular formula is C13H28OS. The van der Waals surface area contributed by atoms with Crippen LogP contribution in [-0.4, -0.2) is 22.7 Å². The first-order valence-corrected chi connectivity index (χ1v) is 7.72. The zero-order valence-corrected chi connectivity index (χ0v) is 11.3. The van der Waals surface area contributed by atoms with E-state index in [4.69, 9.17) is 0 Å². The number of unbranched alkanes of at least 4 members (excludes halogenated alkanes) is 5. The van der Waals surface area contributed by atoms with Crippen molar-refractivity contribution in [3.8, 4) is 0 Å². The van der Waals surface area contributed by atoms with Gasteiger partial charge < -0.3 is 5.11 Å². The van der Waals surface area contributed by atoms with Gasteiger partial charge in [0.2, 0.25) is 0 Å². The van der Waals surface area contributed by atoms with Crippen LogP contribution in [0.4, 0.5) is 0 Å². The van der Waals surface area contributed by atoms with Gasteiger partial charge in [0.05, 0.1) is 6.10 Å². The lowest BCUT2D eigenvalue weighted by molar-refractivity contribution is 0.185. The molecule has 0 aromatic carbocycles. The molecule has 0 amide bonds. The van der Waals surface area contributed by atoms with E-state index in [1.54, 1.807) is 0 Å². The number of rotatable bonds is 11. The van der Waals surface area contributed by atoms with Gasteiger partial charge in [-0.05, 0) is 18.6 Å². The van der Waals surface area contributed by atoms with Crippen LogP contribution in [0.25, 0.3) is 0 Å². The second-order valence-electron chi connectivity index (χ2n) is 4.29. The number of hydrogen-bond donors (Lipinski definition) is 1. The minimum Gasteiger partial charge on any atom is -0.392 e. The summed E-state index contributed by atoms with van der Waals surface area (Å²) >= 11 is 1.92. The van der Waals surface area contributed by atoms with Crippen LogP contribution in [0.1, 0.15) is 65.2 Å². The van der Waals surface area contributed by atoms with E-state index < -0.39 is 0 Å². The Morgan fingerprint density at radius 2 is 1.60 bits per heavy atom. The smallest absolute Gasteiger partial charge is 0.0630 e. The Balaban J connectivity index is 3.06. The number of aliphatic hydroxyl groups is 1. The molecule has 2 heteroatoms. The minimum absolute atomic E-state index is 0.0623. The maximum absolute atomic E-state index is 9.66. The predicted octanol–water partition coefficient (Wildman–Crippen LogP) is 4.24. The van der Waals surface area contributed by atoms with E-state index in [9.17, 15) is 5.11 Å². The molecule has 0 saturated heterocycles. The molecule has 0 bridgehead atoms. The molecule has 0 aromatic rings. The Labute approximate surface area is 100 Å². The molecule has 0 aliphatic heterocycles. The van der Waals surface area contributed by atoms with Crippen molar-refractivity contribution >= 4 is 11.8 Å². The van der Waals surface area contributed by atoms with Crippen LogP contribution in [0, 0.1) is 0 Å². The summed E-state index contributed by atoms with van der Waals surface area (Å²) in [5, 5.41) is 9.66. The van der Waals surface area contributed by atoms with Crippen molar-refractivity contribution < 1.29 is 5.11 Å². The van der Waals surface area contributed by atoms with Gasteiger partial charge in [0, 0.05) is 5.75 Å². The normalized spacial score (nSPS) is 13.0. The quantitative estimate of drug-likeness (QED) is 0.538. The van der Waals surface area contributed by atoms with Crippen LogP contribution in [0.2, 0.25) is 0 Å². The lowest BCUT2D eigenvalue weighted by Crippen LogP contribution is -2.09. The Kier molecular flexibility index (Phi) is 12.6. The second kappa shape index (κ2) is 12.4. The first-order chi connectivity index (χ1) is 7.31. The van der Waals surface area contributed by atoms with Gasteiger partial charge in [-0.1, -0.05) is 52.4 Å². The van der Waals surface area contributed by atoms with Crippen LogP contribution in [0.3, 0.4) is 0 Å². The first kappa shape index (κ1) is 15.3. The van der Waals surface area contributed by atoms with Gasteiger partial charge in [0.15, 0.2) is 0 Å². The van der Waals surface area contributed by atoms with E-state index in [1.807, 2.05) is 11.8 Å². The fourth-order valence-corrected chi connectivity index (χ4v) is 2.58. The number of thioether (sulfide) groups is 1. The highest BCUT2D eigenvalue weighted by Gasteiger charge is 2.03. The van der Waals surface area contributed by atoms with Gasteiger partial charge in [0.1, 0.15) is 0 Å². The van der Waals surface area contributed by atoms with E-state index in [1.165, 1.54) is 50.7 Å². The van der Waals surface area contributed by atoms with E-state index in [0.717, 1.165) is 12.2 Å². The lowest BCUT2D eigenvalue weighted by Gasteiger charge is -2.09. The van der Waals surface area contributed by atoms with Crippen molar-refractivity contribution in [1.29, 1.82) is 0 Å². The summed E-state index contributed by atoms with van der Waals surface area (Å²) in [6.07, 6.45) is 9.98. The highest BCUT2D eigenvalue weighted by atomic mass is 32.2. The molecule has 0 heterocycles. The van der Waals surface area contributed by atoms with Crippen LogP contribution in [-0.2, 0) is 0 Å². The monoisotopic (exact) mass is 232 g/mol. The van der Waals surface area contributed by atoms with Gasteiger partial charge >= 0.3 is 0 Å². The summed E-state index contributed by atoms with van der Waals surface area (Å²) in [6, 6.07) is 0. The fraction of sp³-hybridized carbons (Fsp3) is 1.00. The molecule has 0 aliphatic rings.